The van der Waals surface area contributed by atoms with Crippen molar-refractivity contribution in [1.82, 2.24) is 10.2 Å². The van der Waals surface area contributed by atoms with E-state index >= 15 is 0 Å². The molecule has 0 bridgehead atoms. The zero-order chi connectivity index (χ0) is 15.1. The Bertz CT molecular complexity index is 496. The normalized spacial score (nSPS) is 9.90. The minimum Gasteiger partial charge on any atom is -0.481 e. The van der Waals surface area contributed by atoms with Gasteiger partial charge in [-0.2, -0.15) is 0 Å². The first-order valence-electron chi connectivity index (χ1n) is 6.21. The minimum atomic E-state index is -1.07. The summed E-state index contributed by atoms with van der Waals surface area (Å²) in [7, 11) is 1.57. The van der Waals surface area contributed by atoms with Crippen LogP contribution in [0.25, 0.3) is 0 Å². The van der Waals surface area contributed by atoms with Crippen LogP contribution in [0.3, 0.4) is 0 Å². The van der Waals surface area contributed by atoms with E-state index in [2.05, 4.69) is 5.32 Å². The molecule has 0 radical (unpaired) electrons. The van der Waals surface area contributed by atoms with Crippen molar-refractivity contribution in [2.24, 2.45) is 0 Å². The van der Waals surface area contributed by atoms with Crippen LogP contribution in [-0.4, -0.2) is 35.0 Å². The molecule has 6 heteroatoms. The summed E-state index contributed by atoms with van der Waals surface area (Å²) in [6, 6.07) is 7.16. The predicted molar refractivity (Wildman–Crippen MR) is 73.1 cm³/mol. The third-order valence-electron chi connectivity index (χ3n) is 2.70. The molecule has 0 spiro atoms. The smallest absolute Gasteiger partial charge is 0.324 e. The number of carboxylic acids is 1. The fraction of sp³-hybridized carbons (Fsp3) is 0.357. The van der Waals surface area contributed by atoms with Gasteiger partial charge in [-0.15, -0.1) is 0 Å². The van der Waals surface area contributed by atoms with Crippen molar-refractivity contribution < 1.29 is 19.5 Å². The summed E-state index contributed by atoms with van der Waals surface area (Å²) >= 11 is 0. The Balaban J connectivity index is 2.44. The van der Waals surface area contributed by atoms with E-state index in [9.17, 15) is 14.4 Å². The van der Waals surface area contributed by atoms with E-state index in [1.807, 2.05) is 31.2 Å². The van der Waals surface area contributed by atoms with Crippen molar-refractivity contribution >= 4 is 17.9 Å². The van der Waals surface area contributed by atoms with Gasteiger partial charge in [0.2, 0.25) is 5.91 Å². The Hall–Kier alpha value is -2.37. The number of carboxylic acid groups (broad SMARTS) is 1. The van der Waals surface area contributed by atoms with Crippen LogP contribution in [0, 0.1) is 6.92 Å². The third-order valence-corrected chi connectivity index (χ3v) is 2.70. The molecule has 1 aromatic carbocycles. The molecule has 108 valence electrons. The van der Waals surface area contributed by atoms with Crippen molar-refractivity contribution in [2.45, 2.75) is 26.3 Å². The molecule has 0 unspecified atom stereocenters. The summed E-state index contributed by atoms with van der Waals surface area (Å²) in [4.78, 5) is 34.7. The number of urea groups is 1. The molecule has 3 amide bonds. The summed E-state index contributed by atoms with van der Waals surface area (Å²) in [5.74, 6) is -1.66. The quantitative estimate of drug-likeness (QED) is 0.855. The number of aliphatic carboxylic acids is 1. The molecule has 0 saturated heterocycles. The first-order valence-corrected chi connectivity index (χ1v) is 6.21. The molecule has 0 atom stereocenters. The van der Waals surface area contributed by atoms with Crippen LogP contribution in [0.4, 0.5) is 4.79 Å². The van der Waals surface area contributed by atoms with Gasteiger partial charge in [-0.3, -0.25) is 14.9 Å². The van der Waals surface area contributed by atoms with Gasteiger partial charge in [0.15, 0.2) is 0 Å². The molecule has 1 aromatic rings. The van der Waals surface area contributed by atoms with Crippen molar-refractivity contribution in [3.8, 4) is 0 Å². The van der Waals surface area contributed by atoms with Crippen LogP contribution in [0.1, 0.15) is 24.0 Å². The monoisotopic (exact) mass is 278 g/mol. The first-order chi connectivity index (χ1) is 9.38. The van der Waals surface area contributed by atoms with Gasteiger partial charge in [0, 0.05) is 20.0 Å². The second kappa shape index (κ2) is 7.28. The molecule has 0 fully saturated rings. The molecule has 0 heterocycles. The van der Waals surface area contributed by atoms with Crippen LogP contribution in [0.5, 0.6) is 0 Å². The number of nitrogens with zero attached hydrogens (tertiary/aromatic N) is 1. The lowest BCUT2D eigenvalue weighted by atomic mass is 10.1. The van der Waals surface area contributed by atoms with Gasteiger partial charge in [0.05, 0.1) is 6.42 Å². The van der Waals surface area contributed by atoms with E-state index in [1.54, 1.807) is 7.05 Å². The standard InChI is InChI=1S/C14H18N2O4/c1-10-3-5-11(6-4-10)9-16(2)14(20)15-12(17)7-8-13(18)19/h3-6H,7-9H2,1-2H3,(H,18,19)(H,15,17,20). The molecule has 0 aliphatic carbocycles. The number of amides is 3. The van der Waals surface area contributed by atoms with Crippen LogP contribution in [-0.2, 0) is 16.1 Å². The molecule has 6 nitrogen and oxygen atoms in total. The fourth-order valence-corrected chi connectivity index (χ4v) is 1.54. The van der Waals surface area contributed by atoms with E-state index in [0.29, 0.717) is 6.54 Å². The number of aryl methyl sites for hydroxylation is 1. The summed E-state index contributed by atoms with van der Waals surface area (Å²) < 4.78 is 0. The Morgan fingerprint density at radius 1 is 1.15 bits per heavy atom. The molecule has 0 aromatic heterocycles. The summed E-state index contributed by atoms with van der Waals surface area (Å²) in [5.41, 5.74) is 2.08. The molecule has 0 aliphatic heterocycles. The lowest BCUT2D eigenvalue weighted by Crippen LogP contribution is -2.40. The first kappa shape index (κ1) is 15.7. The number of nitrogens with one attached hydrogen (secondary N) is 1. The van der Waals surface area contributed by atoms with Crippen LogP contribution >= 0.6 is 0 Å². The van der Waals surface area contributed by atoms with Gasteiger partial charge in [0.1, 0.15) is 0 Å². The molecule has 0 aliphatic rings. The Morgan fingerprint density at radius 3 is 2.30 bits per heavy atom. The van der Waals surface area contributed by atoms with Gasteiger partial charge in [-0.1, -0.05) is 29.8 Å². The van der Waals surface area contributed by atoms with Gasteiger partial charge in [-0.25, -0.2) is 4.79 Å². The lowest BCUT2D eigenvalue weighted by Gasteiger charge is -2.17. The number of hydrogen-bond donors (Lipinski definition) is 2. The summed E-state index contributed by atoms with van der Waals surface area (Å²) in [5, 5.41) is 10.6. The van der Waals surface area contributed by atoms with Crippen molar-refractivity contribution in [1.29, 1.82) is 0 Å². The molecule has 1 rings (SSSR count). The number of carbonyl (C=O) groups excluding carboxylic acids is 2. The van der Waals surface area contributed by atoms with E-state index in [1.165, 1.54) is 4.90 Å². The molecule has 0 saturated carbocycles. The third kappa shape index (κ3) is 5.51. The number of rotatable bonds is 5. The molecular formula is C14H18N2O4. The van der Waals surface area contributed by atoms with Gasteiger partial charge in [-0.05, 0) is 12.5 Å². The largest absolute Gasteiger partial charge is 0.481 e. The SMILES string of the molecule is Cc1ccc(CN(C)C(=O)NC(=O)CCC(=O)O)cc1. The van der Waals surface area contributed by atoms with Crippen molar-refractivity contribution in [3.63, 3.8) is 0 Å². The number of carbonyl (C=O) groups is 3. The Labute approximate surface area is 117 Å². The van der Waals surface area contributed by atoms with Crippen molar-refractivity contribution in [3.05, 3.63) is 35.4 Å². The Kier molecular flexibility index (Phi) is 5.71. The average Bonchev–Trinajstić information content (AvgIpc) is 2.39. The van der Waals surface area contributed by atoms with Crippen LogP contribution < -0.4 is 5.32 Å². The second-order valence-corrected chi connectivity index (χ2v) is 4.59. The van der Waals surface area contributed by atoms with Crippen LogP contribution in [0.15, 0.2) is 24.3 Å². The van der Waals surface area contributed by atoms with Gasteiger partial charge >= 0.3 is 12.0 Å². The summed E-state index contributed by atoms with van der Waals surface area (Å²) in [6.07, 6.45) is -0.500. The topological polar surface area (TPSA) is 86.7 Å². The number of benzene rings is 1. The van der Waals surface area contributed by atoms with Crippen molar-refractivity contribution in [2.75, 3.05) is 7.05 Å². The maximum atomic E-state index is 11.7. The molecule has 20 heavy (non-hydrogen) atoms. The highest BCUT2D eigenvalue weighted by Crippen LogP contribution is 2.06. The van der Waals surface area contributed by atoms with E-state index in [4.69, 9.17) is 5.11 Å². The number of imide groups is 1. The summed E-state index contributed by atoms with van der Waals surface area (Å²) in [6.45, 7) is 2.35. The van der Waals surface area contributed by atoms with E-state index < -0.39 is 17.9 Å². The highest BCUT2D eigenvalue weighted by Gasteiger charge is 2.13. The molecular weight excluding hydrogens is 260 g/mol. The predicted octanol–water partition coefficient (Wildman–Crippen LogP) is 1.53. The zero-order valence-corrected chi connectivity index (χ0v) is 11.5. The second-order valence-electron chi connectivity index (χ2n) is 4.59. The van der Waals surface area contributed by atoms with E-state index in [-0.39, 0.29) is 12.8 Å². The maximum absolute atomic E-state index is 11.7. The number of hydrogen-bond acceptors (Lipinski definition) is 3. The highest BCUT2D eigenvalue weighted by molar-refractivity contribution is 5.95. The van der Waals surface area contributed by atoms with Crippen LogP contribution in [0.2, 0.25) is 0 Å². The van der Waals surface area contributed by atoms with Gasteiger partial charge in [0.25, 0.3) is 0 Å². The van der Waals surface area contributed by atoms with E-state index in [0.717, 1.165) is 11.1 Å². The van der Waals surface area contributed by atoms with Gasteiger partial charge < -0.3 is 10.0 Å². The highest BCUT2D eigenvalue weighted by atomic mass is 16.4. The zero-order valence-electron chi connectivity index (χ0n) is 11.5. The maximum Gasteiger partial charge on any atom is 0.324 e. The lowest BCUT2D eigenvalue weighted by molar-refractivity contribution is -0.138. The average molecular weight is 278 g/mol. The fourth-order valence-electron chi connectivity index (χ4n) is 1.54. The molecule has 2 N–H and O–H groups in total. The minimum absolute atomic E-state index is 0.209. The Morgan fingerprint density at radius 2 is 1.75 bits per heavy atom.